The fraction of sp³-hybridized carbons (Fsp3) is 0.600. The van der Waals surface area contributed by atoms with Gasteiger partial charge >= 0.3 is 0 Å². The largest absolute Gasteiger partial charge is 0.339 e. The Balaban J connectivity index is 1.89. The molecule has 2 rings (SSSR count). The zero-order chi connectivity index (χ0) is 18.2. The van der Waals surface area contributed by atoms with Crippen LogP contribution in [-0.4, -0.2) is 35.8 Å². The summed E-state index contributed by atoms with van der Waals surface area (Å²) in [5.41, 5.74) is 7.39. The van der Waals surface area contributed by atoms with Crippen LogP contribution in [-0.2, 0) is 4.79 Å². The molecule has 0 heterocycles. The number of carbonyl (C=O) groups is 2. The van der Waals surface area contributed by atoms with E-state index in [2.05, 4.69) is 5.32 Å². The summed E-state index contributed by atoms with van der Waals surface area (Å²) in [4.78, 5) is 26.4. The van der Waals surface area contributed by atoms with Crippen LogP contribution in [0.5, 0.6) is 0 Å². The van der Waals surface area contributed by atoms with Gasteiger partial charge in [0, 0.05) is 24.3 Å². The zero-order valence-electron chi connectivity index (χ0n) is 15.5. The molecule has 0 bridgehead atoms. The number of carbonyl (C=O) groups excluding carboxylic acids is 2. The first-order valence-corrected chi connectivity index (χ1v) is 9.50. The molecule has 2 amide bonds. The zero-order valence-corrected chi connectivity index (χ0v) is 15.5. The van der Waals surface area contributed by atoms with Crippen molar-refractivity contribution in [1.29, 1.82) is 0 Å². The van der Waals surface area contributed by atoms with E-state index in [1.165, 1.54) is 32.1 Å². The third kappa shape index (κ3) is 5.56. The molecule has 3 N–H and O–H groups in total. The molecule has 0 radical (unpaired) electrons. The van der Waals surface area contributed by atoms with Crippen molar-refractivity contribution < 1.29 is 9.59 Å². The second kappa shape index (κ2) is 9.56. The summed E-state index contributed by atoms with van der Waals surface area (Å²) in [6.07, 6.45) is 6.93. The molecule has 1 saturated carbocycles. The number of hydrogen-bond donors (Lipinski definition) is 2. The van der Waals surface area contributed by atoms with Crippen molar-refractivity contribution >= 4 is 17.5 Å². The van der Waals surface area contributed by atoms with Crippen LogP contribution in [0.3, 0.4) is 0 Å². The Kier molecular flexibility index (Phi) is 7.44. The van der Waals surface area contributed by atoms with Gasteiger partial charge in [-0.2, -0.15) is 0 Å². The number of benzene rings is 1. The topological polar surface area (TPSA) is 75.4 Å². The first-order chi connectivity index (χ1) is 12.0. The molecule has 1 aliphatic carbocycles. The fourth-order valence-electron chi connectivity index (χ4n) is 3.51. The Labute approximate surface area is 151 Å². The average molecular weight is 345 g/mol. The molecule has 0 saturated heterocycles. The van der Waals surface area contributed by atoms with Gasteiger partial charge in [0.05, 0.1) is 6.04 Å². The Hall–Kier alpha value is -1.88. The summed E-state index contributed by atoms with van der Waals surface area (Å²) in [5.74, 6) is 0.439. The molecule has 1 fully saturated rings. The Morgan fingerprint density at radius 3 is 2.28 bits per heavy atom. The Morgan fingerprint density at radius 1 is 1.12 bits per heavy atom. The number of anilines is 1. The molecule has 5 heteroatoms. The van der Waals surface area contributed by atoms with Crippen LogP contribution in [0.2, 0.25) is 0 Å². The molecule has 138 valence electrons. The lowest BCUT2D eigenvalue weighted by Gasteiger charge is -2.24. The predicted molar refractivity (Wildman–Crippen MR) is 101 cm³/mol. The minimum atomic E-state index is -0.472. The van der Waals surface area contributed by atoms with Crippen molar-refractivity contribution in [3.8, 4) is 0 Å². The second-order valence-electron chi connectivity index (χ2n) is 6.89. The van der Waals surface area contributed by atoms with Gasteiger partial charge in [0.1, 0.15) is 0 Å². The molecule has 0 spiro atoms. The quantitative estimate of drug-likeness (QED) is 0.795. The van der Waals surface area contributed by atoms with Gasteiger partial charge in [-0.05, 0) is 50.5 Å². The molecular weight excluding hydrogens is 314 g/mol. The number of nitrogens with two attached hydrogens (primary N) is 1. The van der Waals surface area contributed by atoms with Crippen molar-refractivity contribution in [3.05, 3.63) is 29.8 Å². The molecule has 1 aromatic rings. The monoisotopic (exact) mass is 345 g/mol. The van der Waals surface area contributed by atoms with Crippen LogP contribution in [0.1, 0.15) is 62.7 Å². The van der Waals surface area contributed by atoms with Gasteiger partial charge in [-0.25, -0.2) is 0 Å². The molecule has 1 atom stereocenters. The van der Waals surface area contributed by atoms with Gasteiger partial charge < -0.3 is 16.0 Å². The SMILES string of the molecule is CCN(CC)C(=O)c1ccc(NC(=O)C(N)CC2CCCCC2)cc1. The maximum atomic E-state index is 12.3. The third-order valence-corrected chi connectivity index (χ3v) is 5.10. The summed E-state index contributed by atoms with van der Waals surface area (Å²) in [5, 5.41) is 2.87. The van der Waals surface area contributed by atoms with Gasteiger partial charge in [-0.3, -0.25) is 9.59 Å². The molecular formula is C20H31N3O2. The summed E-state index contributed by atoms with van der Waals surface area (Å²) in [7, 11) is 0. The minimum Gasteiger partial charge on any atom is -0.339 e. The van der Waals surface area contributed by atoms with Crippen molar-refractivity contribution in [2.45, 2.75) is 58.4 Å². The normalized spacial score (nSPS) is 16.3. The van der Waals surface area contributed by atoms with E-state index in [-0.39, 0.29) is 11.8 Å². The van der Waals surface area contributed by atoms with Crippen LogP contribution >= 0.6 is 0 Å². The van der Waals surface area contributed by atoms with Crippen molar-refractivity contribution in [3.63, 3.8) is 0 Å². The van der Waals surface area contributed by atoms with E-state index in [0.29, 0.717) is 30.3 Å². The molecule has 1 aliphatic rings. The second-order valence-corrected chi connectivity index (χ2v) is 6.89. The van der Waals surface area contributed by atoms with Crippen LogP contribution in [0.4, 0.5) is 5.69 Å². The van der Waals surface area contributed by atoms with Crippen molar-refractivity contribution in [2.24, 2.45) is 11.7 Å². The van der Waals surface area contributed by atoms with Crippen LogP contribution < -0.4 is 11.1 Å². The van der Waals surface area contributed by atoms with Gasteiger partial charge in [-0.1, -0.05) is 32.1 Å². The van der Waals surface area contributed by atoms with Gasteiger partial charge in [0.2, 0.25) is 5.91 Å². The first kappa shape index (κ1) is 19.4. The van der Waals surface area contributed by atoms with E-state index in [9.17, 15) is 9.59 Å². The highest BCUT2D eigenvalue weighted by Gasteiger charge is 2.21. The highest BCUT2D eigenvalue weighted by atomic mass is 16.2. The molecule has 5 nitrogen and oxygen atoms in total. The van der Waals surface area contributed by atoms with Crippen LogP contribution in [0.25, 0.3) is 0 Å². The number of nitrogens with one attached hydrogen (secondary N) is 1. The lowest BCUT2D eigenvalue weighted by molar-refractivity contribution is -0.117. The number of nitrogens with zero attached hydrogens (tertiary/aromatic N) is 1. The van der Waals surface area contributed by atoms with E-state index >= 15 is 0 Å². The third-order valence-electron chi connectivity index (χ3n) is 5.10. The van der Waals surface area contributed by atoms with Gasteiger partial charge in [0.15, 0.2) is 0 Å². The summed E-state index contributed by atoms with van der Waals surface area (Å²) >= 11 is 0. The van der Waals surface area contributed by atoms with Crippen molar-refractivity contribution in [1.82, 2.24) is 4.90 Å². The van der Waals surface area contributed by atoms with E-state index < -0.39 is 6.04 Å². The number of hydrogen-bond acceptors (Lipinski definition) is 3. The van der Waals surface area contributed by atoms with Crippen LogP contribution in [0.15, 0.2) is 24.3 Å². The summed E-state index contributed by atoms with van der Waals surface area (Å²) in [6.45, 7) is 5.29. The highest BCUT2D eigenvalue weighted by molar-refractivity contribution is 5.97. The standard InChI is InChI=1S/C20H31N3O2/c1-3-23(4-2)20(25)16-10-12-17(13-11-16)22-19(24)18(21)14-15-8-6-5-7-9-15/h10-13,15,18H,3-9,14,21H2,1-2H3,(H,22,24). The minimum absolute atomic E-state index is 0.0110. The molecule has 0 aliphatic heterocycles. The van der Waals surface area contributed by atoms with E-state index in [4.69, 9.17) is 5.73 Å². The summed E-state index contributed by atoms with van der Waals surface area (Å²) < 4.78 is 0. The maximum absolute atomic E-state index is 12.3. The Bertz CT molecular complexity index is 561. The Morgan fingerprint density at radius 2 is 1.72 bits per heavy atom. The molecule has 1 unspecified atom stereocenters. The van der Waals surface area contributed by atoms with E-state index in [1.54, 1.807) is 29.2 Å². The molecule has 1 aromatic carbocycles. The molecule has 0 aromatic heterocycles. The highest BCUT2D eigenvalue weighted by Crippen LogP contribution is 2.27. The van der Waals surface area contributed by atoms with E-state index in [0.717, 1.165) is 6.42 Å². The maximum Gasteiger partial charge on any atom is 0.253 e. The predicted octanol–water partition coefficient (Wildman–Crippen LogP) is 3.40. The van der Waals surface area contributed by atoms with Crippen LogP contribution in [0, 0.1) is 5.92 Å². The first-order valence-electron chi connectivity index (χ1n) is 9.50. The van der Waals surface area contributed by atoms with Gasteiger partial charge in [0.25, 0.3) is 5.91 Å². The average Bonchev–Trinajstić information content (AvgIpc) is 2.64. The lowest BCUT2D eigenvalue weighted by atomic mass is 9.85. The van der Waals surface area contributed by atoms with Crippen molar-refractivity contribution in [2.75, 3.05) is 18.4 Å². The smallest absolute Gasteiger partial charge is 0.253 e. The fourth-order valence-corrected chi connectivity index (χ4v) is 3.51. The number of amides is 2. The van der Waals surface area contributed by atoms with E-state index in [1.807, 2.05) is 13.8 Å². The lowest BCUT2D eigenvalue weighted by Crippen LogP contribution is -2.37. The molecule has 25 heavy (non-hydrogen) atoms. The van der Waals surface area contributed by atoms with Gasteiger partial charge in [-0.15, -0.1) is 0 Å². The number of rotatable bonds is 7. The summed E-state index contributed by atoms with van der Waals surface area (Å²) in [6, 6.07) is 6.57.